The molecular weight excluding hydrogens is 461 g/mol. The van der Waals surface area contributed by atoms with E-state index in [1.807, 2.05) is 13.8 Å². The lowest BCUT2D eigenvalue weighted by molar-refractivity contribution is -0.138. The smallest absolute Gasteiger partial charge is 0.335 e. The largest absolute Gasteiger partial charge is 0.463 e. The zero-order valence-electron chi connectivity index (χ0n) is 16.4. The third-order valence-electron chi connectivity index (χ3n) is 4.19. The first kappa shape index (κ1) is 23.3. The van der Waals surface area contributed by atoms with Gasteiger partial charge in [-0.05, 0) is 48.9 Å². The van der Waals surface area contributed by atoms with E-state index in [-0.39, 0.29) is 23.6 Å². The molecule has 3 rings (SSSR count). The Bertz CT molecular complexity index is 973. The van der Waals surface area contributed by atoms with Crippen molar-refractivity contribution in [2.24, 2.45) is 0 Å². The number of rotatable bonds is 5. The number of esters is 1. The van der Waals surface area contributed by atoms with Crippen LogP contribution in [-0.2, 0) is 19.6 Å². The molecular formula is C21H23BrFNO4S. The van der Waals surface area contributed by atoms with Crippen LogP contribution in [0, 0.1) is 5.82 Å². The SMILES string of the molecule is CC.CCOC(=O)C1=CCN(S(=O)(=O)c2ccc(F)cc2)C1c1ccc(Br)cc1. The van der Waals surface area contributed by atoms with Crippen LogP contribution in [0.5, 0.6) is 0 Å². The molecule has 0 saturated carbocycles. The summed E-state index contributed by atoms with van der Waals surface area (Å²) in [6.07, 6.45) is 1.56. The van der Waals surface area contributed by atoms with Crippen LogP contribution in [0.25, 0.3) is 0 Å². The standard InChI is InChI=1S/C19H17BrFNO4S.C2H6/c1-2-26-19(23)17-11-12-22(18(17)13-3-5-14(20)6-4-13)27(24,25)16-9-7-15(21)8-10-16;1-2/h3-11,18H,2,12H2,1H3;1-2H3. The van der Waals surface area contributed by atoms with Crippen molar-refractivity contribution in [2.45, 2.75) is 31.7 Å². The van der Waals surface area contributed by atoms with Gasteiger partial charge < -0.3 is 4.74 Å². The zero-order valence-corrected chi connectivity index (χ0v) is 18.8. The summed E-state index contributed by atoms with van der Waals surface area (Å²) >= 11 is 3.35. The summed E-state index contributed by atoms with van der Waals surface area (Å²) in [6, 6.07) is 10.9. The van der Waals surface area contributed by atoms with Crippen molar-refractivity contribution in [1.82, 2.24) is 4.31 Å². The fourth-order valence-electron chi connectivity index (χ4n) is 2.94. The predicted octanol–water partition coefficient (Wildman–Crippen LogP) is 4.85. The van der Waals surface area contributed by atoms with E-state index in [1.54, 1.807) is 37.3 Å². The number of carbonyl (C=O) groups excluding carboxylic acids is 1. The molecule has 0 radical (unpaired) electrons. The van der Waals surface area contributed by atoms with E-state index in [0.29, 0.717) is 5.56 Å². The van der Waals surface area contributed by atoms with E-state index in [1.165, 1.54) is 16.4 Å². The van der Waals surface area contributed by atoms with Crippen LogP contribution in [-0.4, -0.2) is 31.8 Å². The number of hydrogen-bond acceptors (Lipinski definition) is 4. The molecule has 0 N–H and O–H groups in total. The summed E-state index contributed by atoms with van der Waals surface area (Å²) in [6.45, 7) is 5.90. The molecule has 0 amide bonds. The highest BCUT2D eigenvalue weighted by Gasteiger charge is 2.41. The second-order valence-corrected chi connectivity index (χ2v) is 8.67. The van der Waals surface area contributed by atoms with Gasteiger partial charge in [0.2, 0.25) is 10.0 Å². The molecule has 0 saturated heterocycles. The Labute approximate surface area is 179 Å². The number of halogens is 2. The van der Waals surface area contributed by atoms with Crippen LogP contribution in [0.3, 0.4) is 0 Å². The van der Waals surface area contributed by atoms with Crippen molar-refractivity contribution in [3.05, 3.63) is 76.0 Å². The molecule has 0 aliphatic carbocycles. The summed E-state index contributed by atoms with van der Waals surface area (Å²) < 4.78 is 46.6. The first-order valence-electron chi connectivity index (χ1n) is 9.24. The van der Waals surface area contributed by atoms with Gasteiger partial charge in [-0.15, -0.1) is 0 Å². The van der Waals surface area contributed by atoms with Gasteiger partial charge in [0.1, 0.15) is 5.82 Å². The molecule has 0 fully saturated rings. The minimum atomic E-state index is -3.95. The van der Waals surface area contributed by atoms with E-state index in [4.69, 9.17) is 4.74 Å². The average molecular weight is 484 g/mol. The Kier molecular flexibility index (Phi) is 8.13. The van der Waals surface area contributed by atoms with E-state index in [0.717, 1.165) is 16.6 Å². The molecule has 0 spiro atoms. The van der Waals surface area contributed by atoms with Gasteiger partial charge in [0, 0.05) is 11.0 Å². The molecule has 2 aromatic rings. The van der Waals surface area contributed by atoms with Gasteiger partial charge in [-0.2, -0.15) is 4.31 Å². The zero-order chi connectivity index (χ0) is 21.6. The highest BCUT2D eigenvalue weighted by Crippen LogP contribution is 2.38. The number of hydrogen-bond donors (Lipinski definition) is 0. The second kappa shape index (κ2) is 10.1. The van der Waals surface area contributed by atoms with Crippen molar-refractivity contribution in [1.29, 1.82) is 0 Å². The number of ether oxygens (including phenoxy) is 1. The first-order chi connectivity index (χ1) is 13.8. The molecule has 29 heavy (non-hydrogen) atoms. The number of nitrogens with zero attached hydrogens (tertiary/aromatic N) is 1. The molecule has 8 heteroatoms. The Morgan fingerprint density at radius 1 is 1.14 bits per heavy atom. The van der Waals surface area contributed by atoms with Gasteiger partial charge in [-0.1, -0.05) is 48.0 Å². The summed E-state index contributed by atoms with van der Waals surface area (Å²) in [7, 11) is -3.95. The summed E-state index contributed by atoms with van der Waals surface area (Å²) in [5.74, 6) is -1.08. The van der Waals surface area contributed by atoms with Gasteiger partial charge in [0.15, 0.2) is 0 Å². The van der Waals surface area contributed by atoms with Crippen molar-refractivity contribution in [3.63, 3.8) is 0 Å². The summed E-state index contributed by atoms with van der Waals surface area (Å²) in [4.78, 5) is 12.3. The normalized spacial score (nSPS) is 16.6. The van der Waals surface area contributed by atoms with Crippen LogP contribution in [0.2, 0.25) is 0 Å². The third kappa shape index (κ3) is 5.12. The van der Waals surface area contributed by atoms with Gasteiger partial charge >= 0.3 is 5.97 Å². The van der Waals surface area contributed by atoms with Crippen LogP contribution in [0.4, 0.5) is 4.39 Å². The lowest BCUT2D eigenvalue weighted by Crippen LogP contribution is -2.33. The van der Waals surface area contributed by atoms with Crippen LogP contribution < -0.4 is 0 Å². The molecule has 1 unspecified atom stereocenters. The Hall–Kier alpha value is -2.03. The maximum Gasteiger partial charge on any atom is 0.335 e. The monoisotopic (exact) mass is 483 g/mol. The number of sulfonamides is 1. The Balaban J connectivity index is 0.00000145. The van der Waals surface area contributed by atoms with Gasteiger partial charge in [-0.25, -0.2) is 17.6 Å². The second-order valence-electron chi connectivity index (χ2n) is 5.86. The van der Waals surface area contributed by atoms with Gasteiger partial charge in [-0.3, -0.25) is 0 Å². The first-order valence-corrected chi connectivity index (χ1v) is 11.5. The molecule has 1 heterocycles. The average Bonchev–Trinajstić information content (AvgIpc) is 3.17. The minimum Gasteiger partial charge on any atom is -0.463 e. The quantitative estimate of drug-likeness (QED) is 0.570. The van der Waals surface area contributed by atoms with E-state index in [9.17, 15) is 17.6 Å². The maximum absolute atomic E-state index is 13.2. The van der Waals surface area contributed by atoms with Crippen molar-refractivity contribution in [2.75, 3.05) is 13.2 Å². The third-order valence-corrected chi connectivity index (χ3v) is 6.56. The van der Waals surface area contributed by atoms with Gasteiger partial charge in [0.25, 0.3) is 0 Å². The lowest BCUT2D eigenvalue weighted by atomic mass is 10.0. The van der Waals surface area contributed by atoms with Crippen LogP contribution >= 0.6 is 15.9 Å². The highest BCUT2D eigenvalue weighted by atomic mass is 79.9. The molecule has 0 bridgehead atoms. The fourth-order valence-corrected chi connectivity index (χ4v) is 4.74. The van der Waals surface area contributed by atoms with Gasteiger partial charge in [0.05, 0.1) is 23.1 Å². The highest BCUT2D eigenvalue weighted by molar-refractivity contribution is 9.10. The molecule has 1 atom stereocenters. The van der Waals surface area contributed by atoms with E-state index < -0.39 is 27.9 Å². The molecule has 1 aliphatic heterocycles. The van der Waals surface area contributed by atoms with E-state index in [2.05, 4.69) is 15.9 Å². The Morgan fingerprint density at radius 3 is 2.28 bits per heavy atom. The van der Waals surface area contributed by atoms with Crippen molar-refractivity contribution < 1.29 is 22.3 Å². The fraction of sp³-hybridized carbons (Fsp3) is 0.286. The maximum atomic E-state index is 13.2. The topological polar surface area (TPSA) is 63.7 Å². The van der Waals surface area contributed by atoms with Crippen LogP contribution in [0.15, 0.2) is 69.5 Å². The number of benzene rings is 2. The van der Waals surface area contributed by atoms with Crippen molar-refractivity contribution in [3.8, 4) is 0 Å². The number of carbonyl (C=O) groups is 1. The predicted molar refractivity (Wildman–Crippen MR) is 113 cm³/mol. The molecule has 5 nitrogen and oxygen atoms in total. The minimum absolute atomic E-state index is 0.0224. The van der Waals surface area contributed by atoms with Crippen LogP contribution in [0.1, 0.15) is 32.4 Å². The molecule has 0 aromatic heterocycles. The molecule has 1 aliphatic rings. The summed E-state index contributed by atoms with van der Waals surface area (Å²) in [5.41, 5.74) is 0.908. The summed E-state index contributed by atoms with van der Waals surface area (Å²) in [5, 5.41) is 0. The Morgan fingerprint density at radius 2 is 1.72 bits per heavy atom. The molecule has 156 valence electrons. The van der Waals surface area contributed by atoms with E-state index >= 15 is 0 Å². The molecule has 2 aromatic carbocycles. The lowest BCUT2D eigenvalue weighted by Gasteiger charge is -2.26. The van der Waals surface area contributed by atoms with Crippen molar-refractivity contribution >= 4 is 31.9 Å².